The second kappa shape index (κ2) is 3.04. The van der Waals surface area contributed by atoms with Crippen molar-refractivity contribution < 1.29 is 0 Å². The lowest BCUT2D eigenvalue weighted by atomic mass is 10.3. The van der Waals surface area contributed by atoms with Gasteiger partial charge in [-0.1, -0.05) is 12.1 Å². The highest BCUT2D eigenvalue weighted by Gasteiger charge is 2.01. The van der Waals surface area contributed by atoms with Crippen LogP contribution < -0.4 is 0 Å². The Hall–Kier alpha value is -0.270. The second-order valence-corrected chi connectivity index (χ2v) is 3.10. The maximum Gasteiger partial charge on any atom is 0.0856 e. The van der Waals surface area contributed by atoms with Crippen molar-refractivity contribution in [2.75, 3.05) is 0 Å². The van der Waals surface area contributed by atoms with Crippen LogP contribution in [0.4, 0.5) is 0 Å². The van der Waals surface area contributed by atoms with E-state index in [1.165, 1.54) is 0 Å². The first-order chi connectivity index (χ1) is 4.34. The van der Waals surface area contributed by atoms with Crippen molar-refractivity contribution in [1.82, 2.24) is 0 Å². The molecular weight excluding hydrogens is 152 g/mol. The summed E-state index contributed by atoms with van der Waals surface area (Å²) in [5.74, 6) is 0. The summed E-state index contributed by atoms with van der Waals surface area (Å²) in [6, 6.07) is 3.99. The van der Waals surface area contributed by atoms with E-state index >= 15 is 0 Å². The highest BCUT2D eigenvalue weighted by atomic mass is 35.5. The summed E-state index contributed by atoms with van der Waals surface area (Å²) in [5.41, 5.74) is 0. The third kappa shape index (κ3) is 1.57. The minimum atomic E-state index is -0.00926. The number of thiophene rings is 1. The SMILES string of the molecule is C=CC(Cl)c1cccs1. The predicted molar refractivity (Wildman–Crippen MR) is 43.1 cm³/mol. The zero-order chi connectivity index (χ0) is 6.69. The summed E-state index contributed by atoms with van der Waals surface area (Å²) in [5, 5.41) is 2.00. The fraction of sp³-hybridized carbons (Fsp3) is 0.143. The van der Waals surface area contributed by atoms with Crippen LogP contribution in [-0.2, 0) is 0 Å². The van der Waals surface area contributed by atoms with Gasteiger partial charge in [-0.25, -0.2) is 0 Å². The molecule has 0 N–H and O–H groups in total. The molecule has 9 heavy (non-hydrogen) atoms. The number of allylic oxidation sites excluding steroid dienone is 1. The maximum atomic E-state index is 5.82. The normalized spacial score (nSPS) is 13.0. The average molecular weight is 159 g/mol. The molecule has 0 bridgehead atoms. The molecule has 2 heteroatoms. The lowest BCUT2D eigenvalue weighted by Gasteiger charge is -1.95. The Labute approximate surface area is 63.8 Å². The number of halogens is 1. The molecule has 1 unspecified atom stereocenters. The van der Waals surface area contributed by atoms with Gasteiger partial charge in [0, 0.05) is 4.88 Å². The van der Waals surface area contributed by atoms with E-state index in [0.29, 0.717) is 0 Å². The number of rotatable bonds is 2. The zero-order valence-electron chi connectivity index (χ0n) is 4.88. The van der Waals surface area contributed by atoms with E-state index in [0.717, 1.165) is 4.88 Å². The van der Waals surface area contributed by atoms with Crippen molar-refractivity contribution in [3.63, 3.8) is 0 Å². The lowest BCUT2D eigenvalue weighted by Crippen LogP contribution is -1.75. The van der Waals surface area contributed by atoms with E-state index in [1.807, 2.05) is 17.5 Å². The van der Waals surface area contributed by atoms with Crippen molar-refractivity contribution in [2.45, 2.75) is 5.38 Å². The van der Waals surface area contributed by atoms with Crippen molar-refractivity contribution >= 4 is 22.9 Å². The Bertz CT molecular complexity index is 179. The highest BCUT2D eigenvalue weighted by Crippen LogP contribution is 2.24. The van der Waals surface area contributed by atoms with Gasteiger partial charge in [0.1, 0.15) is 0 Å². The van der Waals surface area contributed by atoms with Crippen molar-refractivity contribution in [3.8, 4) is 0 Å². The molecule has 1 aromatic rings. The highest BCUT2D eigenvalue weighted by molar-refractivity contribution is 7.10. The Morgan fingerprint density at radius 3 is 3.00 bits per heavy atom. The molecule has 1 atom stereocenters. The van der Waals surface area contributed by atoms with Crippen molar-refractivity contribution in [3.05, 3.63) is 35.0 Å². The van der Waals surface area contributed by atoms with Crippen LogP contribution in [0.25, 0.3) is 0 Å². The summed E-state index contributed by atoms with van der Waals surface area (Å²) in [4.78, 5) is 1.16. The van der Waals surface area contributed by atoms with E-state index in [9.17, 15) is 0 Å². The summed E-state index contributed by atoms with van der Waals surface area (Å²) in [7, 11) is 0. The van der Waals surface area contributed by atoms with Crippen LogP contribution in [0.1, 0.15) is 10.3 Å². The molecule has 1 heterocycles. The first-order valence-electron chi connectivity index (χ1n) is 2.64. The Kier molecular flexibility index (Phi) is 2.31. The quantitative estimate of drug-likeness (QED) is 0.458. The molecule has 0 aliphatic carbocycles. The average Bonchev–Trinajstić information content (AvgIpc) is 2.37. The molecule has 0 aromatic carbocycles. The van der Waals surface area contributed by atoms with Crippen LogP contribution in [0.2, 0.25) is 0 Å². The second-order valence-electron chi connectivity index (χ2n) is 1.65. The van der Waals surface area contributed by atoms with Crippen LogP contribution >= 0.6 is 22.9 Å². The van der Waals surface area contributed by atoms with E-state index < -0.39 is 0 Å². The van der Waals surface area contributed by atoms with E-state index in [1.54, 1.807) is 17.4 Å². The van der Waals surface area contributed by atoms with Crippen LogP contribution in [0.3, 0.4) is 0 Å². The molecule has 1 rings (SSSR count). The molecule has 0 saturated carbocycles. The zero-order valence-corrected chi connectivity index (χ0v) is 6.45. The number of alkyl halides is 1. The van der Waals surface area contributed by atoms with Gasteiger partial charge < -0.3 is 0 Å². The van der Waals surface area contributed by atoms with Crippen molar-refractivity contribution in [1.29, 1.82) is 0 Å². The largest absolute Gasteiger partial charge is 0.147 e. The fourth-order valence-electron chi connectivity index (χ4n) is 0.564. The Morgan fingerprint density at radius 2 is 2.56 bits per heavy atom. The summed E-state index contributed by atoms with van der Waals surface area (Å²) in [6.07, 6.45) is 1.73. The predicted octanol–water partition coefficient (Wildman–Crippen LogP) is 3.21. The van der Waals surface area contributed by atoms with Crippen LogP contribution in [0.15, 0.2) is 30.2 Å². The lowest BCUT2D eigenvalue weighted by molar-refractivity contribution is 1.28. The Morgan fingerprint density at radius 1 is 1.78 bits per heavy atom. The molecule has 0 fully saturated rings. The third-order valence-corrected chi connectivity index (χ3v) is 2.52. The summed E-state index contributed by atoms with van der Waals surface area (Å²) >= 11 is 7.48. The monoisotopic (exact) mass is 158 g/mol. The number of hydrogen-bond acceptors (Lipinski definition) is 1. The molecule has 0 aliphatic rings. The van der Waals surface area contributed by atoms with Crippen LogP contribution in [-0.4, -0.2) is 0 Å². The van der Waals surface area contributed by atoms with Gasteiger partial charge in [-0.15, -0.1) is 29.5 Å². The molecule has 0 spiro atoms. The van der Waals surface area contributed by atoms with Gasteiger partial charge in [-0.2, -0.15) is 0 Å². The minimum absolute atomic E-state index is 0.00926. The summed E-state index contributed by atoms with van der Waals surface area (Å²) in [6.45, 7) is 3.59. The smallest absolute Gasteiger partial charge is 0.0856 e. The first-order valence-corrected chi connectivity index (χ1v) is 3.96. The molecule has 0 amide bonds. The topological polar surface area (TPSA) is 0 Å². The van der Waals surface area contributed by atoms with E-state index in [-0.39, 0.29) is 5.38 Å². The molecular formula is C7H7ClS. The van der Waals surface area contributed by atoms with E-state index in [4.69, 9.17) is 11.6 Å². The van der Waals surface area contributed by atoms with Gasteiger partial charge in [0.25, 0.3) is 0 Å². The van der Waals surface area contributed by atoms with Gasteiger partial charge >= 0.3 is 0 Å². The van der Waals surface area contributed by atoms with Gasteiger partial charge in [-0.3, -0.25) is 0 Å². The molecule has 0 radical (unpaired) electrons. The first kappa shape index (κ1) is 6.84. The van der Waals surface area contributed by atoms with Gasteiger partial charge in [0.2, 0.25) is 0 Å². The summed E-state index contributed by atoms with van der Waals surface area (Å²) < 4.78 is 0. The van der Waals surface area contributed by atoms with Gasteiger partial charge in [0.05, 0.1) is 5.38 Å². The molecule has 1 aromatic heterocycles. The van der Waals surface area contributed by atoms with Gasteiger partial charge in [-0.05, 0) is 11.4 Å². The van der Waals surface area contributed by atoms with Gasteiger partial charge in [0.15, 0.2) is 0 Å². The molecule has 0 saturated heterocycles. The molecule has 0 nitrogen and oxygen atoms in total. The van der Waals surface area contributed by atoms with Crippen molar-refractivity contribution in [2.24, 2.45) is 0 Å². The minimum Gasteiger partial charge on any atom is -0.147 e. The molecule has 0 aliphatic heterocycles. The molecule has 48 valence electrons. The Balaban J connectivity index is 2.76. The van der Waals surface area contributed by atoms with E-state index in [2.05, 4.69) is 6.58 Å². The standard InChI is InChI=1S/C7H7ClS/c1-2-6(8)7-4-3-5-9-7/h2-6H,1H2. The van der Waals surface area contributed by atoms with Crippen LogP contribution in [0.5, 0.6) is 0 Å². The maximum absolute atomic E-state index is 5.82. The third-order valence-electron chi connectivity index (χ3n) is 1.02. The number of hydrogen-bond donors (Lipinski definition) is 0. The fourth-order valence-corrected chi connectivity index (χ4v) is 1.49. The van der Waals surface area contributed by atoms with Crippen LogP contribution in [0, 0.1) is 0 Å².